The molecule has 0 saturated heterocycles. The van der Waals surface area contributed by atoms with Crippen molar-refractivity contribution in [3.63, 3.8) is 0 Å². The fourth-order valence-corrected chi connectivity index (χ4v) is 1.39. The summed E-state index contributed by atoms with van der Waals surface area (Å²) in [7, 11) is 0. The maximum atomic E-state index is 12.8. The van der Waals surface area contributed by atoms with E-state index in [1.165, 1.54) is 6.07 Å². The van der Waals surface area contributed by atoms with Gasteiger partial charge in [-0.2, -0.15) is 0 Å². The highest BCUT2D eigenvalue weighted by atomic mass is 19.1. The van der Waals surface area contributed by atoms with Crippen LogP contribution in [0.25, 0.3) is 16.6 Å². The van der Waals surface area contributed by atoms with E-state index >= 15 is 0 Å². The summed E-state index contributed by atoms with van der Waals surface area (Å²) in [5.41, 5.74) is 2.06. The zero-order valence-corrected chi connectivity index (χ0v) is 5.13. The zero-order chi connectivity index (χ0) is 6.72. The Morgan fingerprint density at radius 3 is 3.00 bits per heavy atom. The third kappa shape index (κ3) is 0.304. The number of aromatic nitrogens is 1. The van der Waals surface area contributed by atoms with E-state index < -0.39 is 0 Å². The van der Waals surface area contributed by atoms with E-state index in [0.29, 0.717) is 0 Å². The lowest BCUT2D eigenvalue weighted by Crippen LogP contribution is -1.90. The second-order valence-corrected chi connectivity index (χ2v) is 2.52. The van der Waals surface area contributed by atoms with Gasteiger partial charge in [-0.05, 0) is 12.1 Å². The second kappa shape index (κ2) is 1.10. The average Bonchev–Trinajstić information content (AvgIpc) is 2.57. The molecule has 2 heteroatoms. The maximum Gasteiger partial charge on any atom is 0.134 e. The molecule has 3 rings (SSSR count). The largest absolute Gasteiger partial charge is 0.312 e. The number of halogens is 1. The van der Waals surface area contributed by atoms with Gasteiger partial charge < -0.3 is 4.57 Å². The molecule has 0 amide bonds. The third-order valence-corrected chi connectivity index (χ3v) is 1.95. The first kappa shape index (κ1) is 4.50. The molecule has 1 nitrogen and oxygen atoms in total. The first-order valence-electron chi connectivity index (χ1n) is 3.18. The molecule has 0 unspecified atom stereocenters. The molecule has 0 saturated carbocycles. The molecule has 0 radical (unpaired) electrons. The standard InChI is InChI=1S/C8H4FN/c9-5-2-1-3-6-8(5)7-4-10(6)7/h1-4H. The summed E-state index contributed by atoms with van der Waals surface area (Å²) < 4.78 is 14.8. The minimum Gasteiger partial charge on any atom is -0.312 e. The molecule has 0 atom stereocenters. The predicted octanol–water partition coefficient (Wildman–Crippen LogP) is 2.08. The average molecular weight is 133 g/mol. The predicted molar refractivity (Wildman–Crippen MR) is 36.8 cm³/mol. The van der Waals surface area contributed by atoms with Gasteiger partial charge in [0, 0.05) is 6.20 Å². The van der Waals surface area contributed by atoms with E-state index in [2.05, 4.69) is 0 Å². The number of nitrogens with zero attached hydrogens (tertiary/aromatic N) is 1. The van der Waals surface area contributed by atoms with Crippen LogP contribution in [0.15, 0.2) is 24.4 Å². The van der Waals surface area contributed by atoms with Gasteiger partial charge in [-0.25, -0.2) is 4.39 Å². The van der Waals surface area contributed by atoms with E-state index in [-0.39, 0.29) is 5.82 Å². The van der Waals surface area contributed by atoms with Crippen molar-refractivity contribution >= 4 is 10.9 Å². The number of hydrogen-bond acceptors (Lipinski definition) is 0. The molecule has 0 fully saturated rings. The molecule has 0 aliphatic carbocycles. The van der Waals surface area contributed by atoms with Crippen molar-refractivity contribution in [2.45, 2.75) is 0 Å². The number of fused-ring (bicyclic) bond motifs is 4. The van der Waals surface area contributed by atoms with Crippen LogP contribution in [0.5, 0.6) is 0 Å². The molecule has 2 heterocycles. The Morgan fingerprint density at radius 1 is 1.30 bits per heavy atom. The van der Waals surface area contributed by atoms with E-state index in [4.69, 9.17) is 0 Å². The Labute approximate surface area is 56.7 Å². The molecule has 10 heavy (non-hydrogen) atoms. The van der Waals surface area contributed by atoms with Gasteiger partial charge >= 0.3 is 0 Å². The number of hydrogen-bond donors (Lipinski definition) is 0. The smallest absolute Gasteiger partial charge is 0.134 e. The van der Waals surface area contributed by atoms with Crippen molar-refractivity contribution in [2.75, 3.05) is 0 Å². The van der Waals surface area contributed by atoms with Gasteiger partial charge in [0.25, 0.3) is 0 Å². The van der Waals surface area contributed by atoms with Gasteiger partial charge in [-0.3, -0.25) is 0 Å². The van der Waals surface area contributed by atoms with Crippen molar-refractivity contribution in [1.82, 2.24) is 4.57 Å². The number of benzene rings is 1. The van der Waals surface area contributed by atoms with Crippen LogP contribution in [-0.2, 0) is 0 Å². The molecule has 1 aromatic rings. The normalized spacial score (nSPS) is 12.5. The van der Waals surface area contributed by atoms with Crippen molar-refractivity contribution < 1.29 is 4.39 Å². The van der Waals surface area contributed by atoms with Crippen LogP contribution in [0, 0.1) is 5.82 Å². The minimum absolute atomic E-state index is 0.0995. The summed E-state index contributed by atoms with van der Waals surface area (Å²) in [6.07, 6.45) is 1.94. The second-order valence-electron chi connectivity index (χ2n) is 2.52. The van der Waals surface area contributed by atoms with Gasteiger partial charge in [0.2, 0.25) is 0 Å². The topological polar surface area (TPSA) is 4.93 Å². The van der Waals surface area contributed by atoms with Crippen molar-refractivity contribution in [1.29, 1.82) is 0 Å². The Balaban J connectivity index is 2.63. The number of rotatable bonds is 0. The molecule has 2 aliphatic heterocycles. The Bertz CT molecular complexity index is 428. The monoisotopic (exact) mass is 133 g/mol. The van der Waals surface area contributed by atoms with Crippen LogP contribution < -0.4 is 0 Å². The fourth-order valence-electron chi connectivity index (χ4n) is 1.39. The molecule has 48 valence electrons. The van der Waals surface area contributed by atoms with Crippen LogP contribution in [0.2, 0.25) is 0 Å². The highest BCUT2D eigenvalue weighted by Gasteiger charge is 2.24. The van der Waals surface area contributed by atoms with Gasteiger partial charge in [0.15, 0.2) is 0 Å². The fraction of sp³-hybridized carbons (Fsp3) is 0. The summed E-state index contributed by atoms with van der Waals surface area (Å²) in [6, 6.07) is 5.15. The lowest BCUT2D eigenvalue weighted by Gasteiger charge is -2.04. The molecule has 0 N–H and O–H groups in total. The van der Waals surface area contributed by atoms with E-state index in [9.17, 15) is 4.39 Å². The molecule has 0 spiro atoms. The van der Waals surface area contributed by atoms with Crippen molar-refractivity contribution in [3.05, 3.63) is 30.2 Å². The maximum absolute atomic E-state index is 12.8. The van der Waals surface area contributed by atoms with Gasteiger partial charge in [0.1, 0.15) is 5.82 Å². The quantitative estimate of drug-likeness (QED) is 0.442. The van der Waals surface area contributed by atoms with Gasteiger partial charge in [-0.1, -0.05) is 6.07 Å². The Kier molecular flexibility index (Phi) is 0.495. The molecule has 2 aliphatic rings. The lowest BCUT2D eigenvalue weighted by molar-refractivity contribution is 0.638. The van der Waals surface area contributed by atoms with Gasteiger partial charge in [0.05, 0.1) is 16.6 Å². The summed E-state index contributed by atoms with van der Waals surface area (Å²) in [5, 5.41) is 0.794. The van der Waals surface area contributed by atoms with Crippen LogP contribution in [0.3, 0.4) is 0 Å². The lowest BCUT2D eigenvalue weighted by atomic mass is 10.2. The highest BCUT2D eigenvalue weighted by molar-refractivity contribution is 6.00. The Hall–Kier alpha value is -1.31. The molecule has 1 aromatic carbocycles. The first-order valence-corrected chi connectivity index (χ1v) is 3.18. The SMILES string of the molecule is Fc1cccc2c1c1cn2-1. The van der Waals surface area contributed by atoms with Crippen LogP contribution in [0.1, 0.15) is 0 Å². The van der Waals surface area contributed by atoms with E-state index in [0.717, 1.165) is 16.6 Å². The van der Waals surface area contributed by atoms with E-state index in [1.54, 1.807) is 6.07 Å². The first-order chi connectivity index (χ1) is 4.88. The molecular weight excluding hydrogens is 129 g/mol. The van der Waals surface area contributed by atoms with Crippen molar-refractivity contribution in [2.24, 2.45) is 0 Å². The summed E-state index contributed by atoms with van der Waals surface area (Å²) in [5.74, 6) is -0.0995. The van der Waals surface area contributed by atoms with Crippen LogP contribution >= 0.6 is 0 Å². The Morgan fingerprint density at radius 2 is 2.20 bits per heavy atom. The van der Waals surface area contributed by atoms with Crippen molar-refractivity contribution in [3.8, 4) is 5.69 Å². The third-order valence-electron chi connectivity index (χ3n) is 1.95. The van der Waals surface area contributed by atoms with E-state index in [1.807, 2.05) is 16.8 Å². The summed E-state index contributed by atoms with van der Waals surface area (Å²) >= 11 is 0. The summed E-state index contributed by atoms with van der Waals surface area (Å²) in [4.78, 5) is 0. The van der Waals surface area contributed by atoms with Crippen LogP contribution in [-0.4, -0.2) is 4.57 Å². The zero-order valence-electron chi connectivity index (χ0n) is 5.13. The molecule has 0 aromatic heterocycles. The minimum atomic E-state index is -0.0995. The molecule has 0 bridgehead atoms. The highest BCUT2D eigenvalue weighted by Crippen LogP contribution is 2.39. The van der Waals surface area contributed by atoms with Gasteiger partial charge in [-0.15, -0.1) is 0 Å². The molecular formula is C8H4FN. The van der Waals surface area contributed by atoms with Crippen LogP contribution in [0.4, 0.5) is 4.39 Å². The summed E-state index contributed by atoms with van der Waals surface area (Å²) in [6.45, 7) is 0.